The first-order valence-corrected chi connectivity index (χ1v) is 16.2. The minimum atomic E-state index is -0.635. The number of carboxylic acids is 1. The Balaban J connectivity index is 1.26. The zero-order chi connectivity index (χ0) is 26.5. The molecule has 0 amide bonds. The molecule has 0 aromatic carbocycles. The van der Waals surface area contributed by atoms with Crippen LogP contribution in [0.1, 0.15) is 117 Å². The Morgan fingerprint density at radius 3 is 2.46 bits per heavy atom. The van der Waals surface area contributed by atoms with E-state index in [0.29, 0.717) is 23.2 Å². The first-order chi connectivity index (χ1) is 17.8. The molecule has 5 heteroatoms. The molecule has 0 spiro atoms. The van der Waals surface area contributed by atoms with Gasteiger partial charge in [0.2, 0.25) is 0 Å². The van der Waals surface area contributed by atoms with Crippen molar-refractivity contribution in [3.63, 3.8) is 0 Å². The van der Waals surface area contributed by atoms with Crippen molar-refractivity contribution in [1.82, 2.24) is 10.6 Å². The molecule has 4 rings (SSSR count). The van der Waals surface area contributed by atoms with Crippen LogP contribution in [-0.2, 0) is 4.79 Å². The number of hydrogen-bond donors (Lipinski definition) is 4. The lowest BCUT2D eigenvalue weighted by Gasteiger charge is -2.61. The van der Waals surface area contributed by atoms with Crippen LogP contribution in [0.2, 0.25) is 0 Å². The van der Waals surface area contributed by atoms with Gasteiger partial charge in [0.15, 0.2) is 0 Å². The van der Waals surface area contributed by atoms with E-state index in [9.17, 15) is 4.79 Å². The largest absolute Gasteiger partial charge is 0.481 e. The normalized spacial score (nSPS) is 40.0. The Kier molecular flexibility index (Phi) is 10.4. The maximum absolute atomic E-state index is 11.0. The molecule has 0 aliphatic heterocycles. The fourth-order valence-electron chi connectivity index (χ4n) is 10.2. The number of hydrogen-bond acceptors (Lipinski definition) is 4. The highest BCUT2D eigenvalue weighted by Crippen LogP contribution is 2.68. The fraction of sp³-hybridized carbons (Fsp3) is 0.969. The number of fused-ring (bicyclic) bond motifs is 5. The van der Waals surface area contributed by atoms with Gasteiger partial charge in [-0.3, -0.25) is 4.79 Å². The number of carboxylic acid groups (broad SMARTS) is 1. The highest BCUT2D eigenvalue weighted by molar-refractivity contribution is 5.66. The van der Waals surface area contributed by atoms with Crippen molar-refractivity contribution >= 4 is 5.97 Å². The predicted octanol–water partition coefficient (Wildman–Crippen LogP) is 6.21. The van der Waals surface area contributed by atoms with Crippen molar-refractivity contribution in [1.29, 1.82) is 0 Å². The topological polar surface area (TPSA) is 87.4 Å². The van der Waals surface area contributed by atoms with Crippen molar-refractivity contribution in [3.8, 4) is 0 Å². The van der Waals surface area contributed by atoms with Gasteiger partial charge < -0.3 is 21.5 Å². The van der Waals surface area contributed by atoms with Crippen LogP contribution in [0.4, 0.5) is 0 Å². The van der Waals surface area contributed by atoms with Gasteiger partial charge in [0.1, 0.15) is 0 Å². The molecule has 0 radical (unpaired) electrons. The smallest absolute Gasteiger partial charge is 0.303 e. The molecular weight excluding hydrogens is 458 g/mol. The number of unbranched alkanes of at least 4 members (excludes halogenated alkanes) is 1. The first kappa shape index (κ1) is 29.3. The monoisotopic (exact) mass is 517 g/mol. The fourth-order valence-corrected chi connectivity index (χ4v) is 10.2. The van der Waals surface area contributed by atoms with E-state index in [1.54, 1.807) is 0 Å². The van der Waals surface area contributed by atoms with Crippen LogP contribution in [0.3, 0.4) is 0 Å². The lowest BCUT2D eigenvalue weighted by Crippen LogP contribution is -2.55. The molecule has 5 nitrogen and oxygen atoms in total. The summed E-state index contributed by atoms with van der Waals surface area (Å²) in [5.74, 6) is 4.52. The number of carbonyl (C=O) groups is 1. The van der Waals surface area contributed by atoms with E-state index in [1.807, 2.05) is 0 Å². The van der Waals surface area contributed by atoms with E-state index < -0.39 is 5.97 Å². The molecule has 4 saturated carbocycles. The van der Waals surface area contributed by atoms with Gasteiger partial charge in [0.05, 0.1) is 0 Å². The molecule has 4 fully saturated rings. The van der Waals surface area contributed by atoms with E-state index >= 15 is 0 Å². The van der Waals surface area contributed by atoms with Crippen LogP contribution in [-0.4, -0.2) is 43.3 Å². The Labute approximate surface area is 227 Å². The molecule has 5 N–H and O–H groups in total. The minimum Gasteiger partial charge on any atom is -0.481 e. The molecule has 214 valence electrons. The molecule has 0 bridgehead atoms. The second kappa shape index (κ2) is 13.1. The molecule has 0 saturated heterocycles. The maximum Gasteiger partial charge on any atom is 0.303 e. The van der Waals surface area contributed by atoms with Gasteiger partial charge in [-0.2, -0.15) is 0 Å². The van der Waals surface area contributed by atoms with E-state index in [1.165, 1.54) is 70.6 Å². The van der Waals surface area contributed by atoms with Gasteiger partial charge in [-0.1, -0.05) is 20.8 Å². The quantitative estimate of drug-likeness (QED) is 0.206. The molecule has 4 aliphatic carbocycles. The SMILES string of the molecule is CC(CCCC(=O)O)[C@H]1CCC2C3CC[C@H]4C[C@@H](NCCCNCCCCN)CC[C@]4(C)C3CC[C@@]21C. The zero-order valence-electron chi connectivity index (χ0n) is 24.4. The van der Waals surface area contributed by atoms with Crippen molar-refractivity contribution in [2.45, 2.75) is 123 Å². The maximum atomic E-state index is 11.0. The molecule has 4 unspecified atom stereocenters. The first-order valence-electron chi connectivity index (χ1n) is 16.2. The van der Waals surface area contributed by atoms with Crippen molar-refractivity contribution in [3.05, 3.63) is 0 Å². The van der Waals surface area contributed by atoms with Crippen LogP contribution < -0.4 is 16.4 Å². The van der Waals surface area contributed by atoms with Crippen molar-refractivity contribution in [2.24, 2.45) is 52.1 Å². The van der Waals surface area contributed by atoms with Crippen LogP contribution in [0, 0.1) is 46.3 Å². The molecule has 0 aromatic rings. The van der Waals surface area contributed by atoms with E-state index in [2.05, 4.69) is 31.4 Å². The third-order valence-corrected chi connectivity index (χ3v) is 12.2. The molecule has 9 atom stereocenters. The predicted molar refractivity (Wildman–Crippen MR) is 153 cm³/mol. The molecule has 0 aromatic heterocycles. The van der Waals surface area contributed by atoms with Gasteiger partial charge in [0.25, 0.3) is 0 Å². The summed E-state index contributed by atoms with van der Waals surface area (Å²) in [6.07, 6.45) is 18.6. The number of nitrogens with one attached hydrogen (secondary N) is 2. The number of rotatable bonds is 14. The van der Waals surface area contributed by atoms with Gasteiger partial charge in [-0.15, -0.1) is 0 Å². The summed E-state index contributed by atoms with van der Waals surface area (Å²) in [4.78, 5) is 11.0. The lowest BCUT2D eigenvalue weighted by atomic mass is 9.44. The number of nitrogens with two attached hydrogens (primary N) is 1. The zero-order valence-corrected chi connectivity index (χ0v) is 24.4. The number of aliphatic carboxylic acids is 1. The third-order valence-electron chi connectivity index (χ3n) is 12.2. The van der Waals surface area contributed by atoms with Gasteiger partial charge in [-0.05, 0) is 162 Å². The Morgan fingerprint density at radius 2 is 1.68 bits per heavy atom. The summed E-state index contributed by atoms with van der Waals surface area (Å²) in [7, 11) is 0. The van der Waals surface area contributed by atoms with Crippen LogP contribution in [0.5, 0.6) is 0 Å². The summed E-state index contributed by atoms with van der Waals surface area (Å²) in [5.41, 5.74) is 6.62. The van der Waals surface area contributed by atoms with Crippen LogP contribution in [0.25, 0.3) is 0 Å². The molecule has 0 heterocycles. The summed E-state index contributed by atoms with van der Waals surface area (Å²) in [6.45, 7) is 11.9. The van der Waals surface area contributed by atoms with Crippen LogP contribution in [0.15, 0.2) is 0 Å². The Hall–Kier alpha value is -0.650. The highest BCUT2D eigenvalue weighted by atomic mass is 16.4. The van der Waals surface area contributed by atoms with Gasteiger partial charge >= 0.3 is 5.97 Å². The average Bonchev–Trinajstić information content (AvgIpc) is 3.22. The summed E-state index contributed by atoms with van der Waals surface area (Å²) >= 11 is 0. The van der Waals surface area contributed by atoms with Crippen molar-refractivity contribution < 1.29 is 9.90 Å². The third kappa shape index (κ3) is 6.57. The molecular formula is C32H59N3O2. The van der Waals surface area contributed by atoms with Gasteiger partial charge in [-0.25, -0.2) is 0 Å². The van der Waals surface area contributed by atoms with E-state index in [4.69, 9.17) is 10.8 Å². The standard InChI is InChI=1S/C32H59N3O2/c1-23(8-6-9-30(36)37)27-12-13-28-26-11-10-24-22-25(35-21-7-20-34-19-5-4-18-33)14-16-31(24,2)29(26)15-17-32(27,28)3/h23-29,34-35H,4-22,33H2,1-3H3,(H,36,37)/t23?,24-,25-,26?,27+,28?,29?,31-,32+/m0/s1. The van der Waals surface area contributed by atoms with Gasteiger partial charge in [0, 0.05) is 12.5 Å². The lowest BCUT2D eigenvalue weighted by molar-refractivity contribution is -0.137. The Bertz CT molecular complexity index is 731. The summed E-state index contributed by atoms with van der Waals surface area (Å²) in [5, 5.41) is 16.6. The molecule has 37 heavy (non-hydrogen) atoms. The van der Waals surface area contributed by atoms with E-state index in [-0.39, 0.29) is 0 Å². The summed E-state index contributed by atoms with van der Waals surface area (Å²) < 4.78 is 0. The highest BCUT2D eigenvalue weighted by Gasteiger charge is 2.60. The average molecular weight is 518 g/mol. The summed E-state index contributed by atoms with van der Waals surface area (Å²) in [6, 6.07) is 0.725. The second-order valence-corrected chi connectivity index (χ2v) is 14.2. The van der Waals surface area contributed by atoms with Crippen LogP contribution >= 0.6 is 0 Å². The van der Waals surface area contributed by atoms with E-state index in [0.717, 1.165) is 81.1 Å². The second-order valence-electron chi connectivity index (χ2n) is 14.2. The Morgan fingerprint density at radius 1 is 0.919 bits per heavy atom. The molecule has 4 aliphatic rings. The van der Waals surface area contributed by atoms with Crippen molar-refractivity contribution in [2.75, 3.05) is 26.2 Å². The minimum absolute atomic E-state index is 0.337.